The number of amides is 2. The average Bonchev–Trinajstić information content (AvgIpc) is 3.22. The average molecular weight is 496 g/mol. The SMILES string of the molecule is CCNC(=O)C(C)N(Cc1cccc(Cl)c1)C(=O)CN(c1ccc2c(c1)OCO2)S(C)(=O)=O. The van der Waals surface area contributed by atoms with Crippen LogP contribution in [-0.2, 0) is 26.2 Å². The lowest BCUT2D eigenvalue weighted by atomic mass is 10.1. The Bertz CT molecular complexity index is 1140. The molecule has 0 saturated heterocycles. The van der Waals surface area contributed by atoms with Crippen LogP contribution in [0.3, 0.4) is 0 Å². The van der Waals surface area contributed by atoms with Crippen LogP contribution in [0.1, 0.15) is 19.4 Å². The number of carbonyl (C=O) groups excluding carboxylic acids is 2. The molecule has 9 nitrogen and oxygen atoms in total. The molecule has 11 heteroatoms. The van der Waals surface area contributed by atoms with E-state index in [2.05, 4.69) is 5.32 Å². The van der Waals surface area contributed by atoms with Gasteiger partial charge in [0.1, 0.15) is 12.6 Å². The summed E-state index contributed by atoms with van der Waals surface area (Å²) in [5.41, 5.74) is 0.962. The first kappa shape index (κ1) is 24.7. The summed E-state index contributed by atoms with van der Waals surface area (Å²) < 4.78 is 36.8. The van der Waals surface area contributed by atoms with Crippen molar-refractivity contribution < 1.29 is 27.5 Å². The van der Waals surface area contributed by atoms with E-state index in [9.17, 15) is 18.0 Å². The van der Waals surface area contributed by atoms with Gasteiger partial charge >= 0.3 is 0 Å². The quantitative estimate of drug-likeness (QED) is 0.572. The standard InChI is InChI=1S/C22H26ClN3O6S/c1-4-24-22(28)15(2)25(12-16-6-5-7-17(23)10-16)21(27)13-26(33(3,29)30)18-8-9-19-20(11-18)32-14-31-19/h5-11,15H,4,12-14H2,1-3H3,(H,24,28). The van der Waals surface area contributed by atoms with Crippen molar-refractivity contribution in [3.63, 3.8) is 0 Å². The zero-order valence-electron chi connectivity index (χ0n) is 18.6. The molecule has 0 bridgehead atoms. The van der Waals surface area contributed by atoms with Crippen molar-refractivity contribution in [2.45, 2.75) is 26.4 Å². The minimum Gasteiger partial charge on any atom is -0.454 e. The second kappa shape index (κ2) is 10.3. The van der Waals surface area contributed by atoms with Crippen molar-refractivity contribution in [1.82, 2.24) is 10.2 Å². The number of sulfonamides is 1. The van der Waals surface area contributed by atoms with Crippen LogP contribution in [0.2, 0.25) is 5.02 Å². The number of hydrogen-bond acceptors (Lipinski definition) is 6. The molecule has 2 aromatic rings. The summed E-state index contributed by atoms with van der Waals surface area (Å²) in [6.07, 6.45) is 1.01. The second-order valence-electron chi connectivity index (χ2n) is 7.53. The third-order valence-electron chi connectivity index (χ3n) is 5.08. The molecule has 0 aromatic heterocycles. The molecule has 1 N–H and O–H groups in total. The number of likely N-dealkylation sites (N-methyl/N-ethyl adjacent to an activating group) is 1. The minimum atomic E-state index is -3.83. The van der Waals surface area contributed by atoms with Gasteiger partial charge in [0.25, 0.3) is 0 Å². The van der Waals surface area contributed by atoms with Crippen LogP contribution in [0, 0.1) is 0 Å². The molecule has 178 valence electrons. The van der Waals surface area contributed by atoms with Gasteiger partial charge in [0.05, 0.1) is 11.9 Å². The molecule has 2 aromatic carbocycles. The molecule has 0 radical (unpaired) electrons. The first-order valence-corrected chi connectivity index (χ1v) is 12.5. The van der Waals surface area contributed by atoms with Crippen molar-refractivity contribution in [1.29, 1.82) is 0 Å². The number of halogens is 1. The molecule has 33 heavy (non-hydrogen) atoms. The summed E-state index contributed by atoms with van der Waals surface area (Å²) in [5, 5.41) is 3.19. The van der Waals surface area contributed by atoms with Gasteiger partial charge in [-0.15, -0.1) is 0 Å². The zero-order chi connectivity index (χ0) is 24.2. The molecule has 0 aliphatic carbocycles. The lowest BCUT2D eigenvalue weighted by Gasteiger charge is -2.31. The number of nitrogens with one attached hydrogen (secondary N) is 1. The smallest absolute Gasteiger partial charge is 0.244 e. The number of benzene rings is 2. The minimum absolute atomic E-state index is 0.0358. The predicted molar refractivity (Wildman–Crippen MR) is 125 cm³/mol. The van der Waals surface area contributed by atoms with Crippen LogP contribution in [-0.4, -0.2) is 57.3 Å². The van der Waals surface area contributed by atoms with Crippen molar-refractivity contribution in [3.05, 3.63) is 53.1 Å². The Kier molecular flexibility index (Phi) is 7.70. The first-order chi connectivity index (χ1) is 15.6. The van der Waals surface area contributed by atoms with E-state index in [0.717, 1.165) is 10.6 Å². The summed E-state index contributed by atoms with van der Waals surface area (Å²) in [5.74, 6) is -0.00951. The van der Waals surface area contributed by atoms with E-state index in [1.807, 2.05) is 0 Å². The monoisotopic (exact) mass is 495 g/mol. The number of anilines is 1. The fourth-order valence-electron chi connectivity index (χ4n) is 3.39. The van der Waals surface area contributed by atoms with Gasteiger partial charge in [-0.3, -0.25) is 13.9 Å². The summed E-state index contributed by atoms with van der Waals surface area (Å²) in [4.78, 5) is 27.3. The molecule has 1 atom stereocenters. The Labute approximate surface area is 198 Å². The molecule has 2 amide bonds. The topological polar surface area (TPSA) is 105 Å². The van der Waals surface area contributed by atoms with Gasteiger partial charge in [-0.05, 0) is 43.7 Å². The Balaban J connectivity index is 1.91. The van der Waals surface area contributed by atoms with E-state index < -0.39 is 28.5 Å². The Morgan fingerprint density at radius 2 is 1.88 bits per heavy atom. The van der Waals surface area contributed by atoms with Gasteiger partial charge in [0.15, 0.2) is 11.5 Å². The van der Waals surface area contributed by atoms with E-state index >= 15 is 0 Å². The maximum Gasteiger partial charge on any atom is 0.244 e. The number of carbonyl (C=O) groups is 2. The van der Waals surface area contributed by atoms with Gasteiger partial charge in [-0.1, -0.05) is 23.7 Å². The fraction of sp³-hybridized carbons (Fsp3) is 0.364. The van der Waals surface area contributed by atoms with Gasteiger partial charge in [0.2, 0.25) is 28.6 Å². The third kappa shape index (κ3) is 6.08. The van der Waals surface area contributed by atoms with Crippen molar-refractivity contribution in [3.8, 4) is 11.5 Å². The van der Waals surface area contributed by atoms with Crippen LogP contribution in [0.25, 0.3) is 0 Å². The van der Waals surface area contributed by atoms with Gasteiger partial charge in [0, 0.05) is 24.2 Å². The zero-order valence-corrected chi connectivity index (χ0v) is 20.1. The maximum atomic E-state index is 13.4. The number of rotatable bonds is 9. The van der Waals surface area contributed by atoms with Crippen molar-refractivity contribution in [2.75, 3.05) is 30.4 Å². The lowest BCUT2D eigenvalue weighted by molar-refractivity contribution is -0.139. The molecule has 0 spiro atoms. The van der Waals surface area contributed by atoms with E-state index in [4.69, 9.17) is 21.1 Å². The van der Waals surface area contributed by atoms with Crippen molar-refractivity contribution >= 4 is 39.1 Å². The van der Waals surface area contributed by atoms with Crippen LogP contribution >= 0.6 is 11.6 Å². The Morgan fingerprint density at radius 1 is 1.15 bits per heavy atom. The molecule has 1 unspecified atom stereocenters. The molecular formula is C22H26ClN3O6S. The normalized spacial score (nSPS) is 13.3. The lowest BCUT2D eigenvalue weighted by Crippen LogP contribution is -2.51. The first-order valence-electron chi connectivity index (χ1n) is 10.3. The Morgan fingerprint density at radius 3 is 2.55 bits per heavy atom. The van der Waals surface area contributed by atoms with Crippen LogP contribution in [0.4, 0.5) is 5.69 Å². The van der Waals surface area contributed by atoms with E-state index in [0.29, 0.717) is 28.6 Å². The highest BCUT2D eigenvalue weighted by atomic mass is 35.5. The molecule has 1 heterocycles. The molecule has 1 aliphatic heterocycles. The maximum absolute atomic E-state index is 13.4. The number of fused-ring (bicyclic) bond motifs is 1. The highest BCUT2D eigenvalue weighted by molar-refractivity contribution is 7.92. The van der Waals surface area contributed by atoms with E-state index in [1.54, 1.807) is 44.2 Å². The number of ether oxygens (including phenoxy) is 2. The number of hydrogen-bond donors (Lipinski definition) is 1. The molecule has 1 aliphatic rings. The molecule has 3 rings (SSSR count). The van der Waals surface area contributed by atoms with Crippen LogP contribution in [0.5, 0.6) is 11.5 Å². The summed E-state index contributed by atoms with van der Waals surface area (Å²) in [6, 6.07) is 10.7. The van der Waals surface area contributed by atoms with Gasteiger partial charge < -0.3 is 19.7 Å². The molecule has 0 fully saturated rings. The fourth-order valence-corrected chi connectivity index (χ4v) is 4.44. The van der Waals surface area contributed by atoms with Crippen LogP contribution < -0.4 is 19.1 Å². The highest BCUT2D eigenvalue weighted by Crippen LogP contribution is 2.36. The highest BCUT2D eigenvalue weighted by Gasteiger charge is 2.30. The summed E-state index contributed by atoms with van der Waals surface area (Å²) in [7, 11) is -3.83. The number of nitrogens with zero attached hydrogens (tertiary/aromatic N) is 2. The molecular weight excluding hydrogens is 470 g/mol. The Hall–Kier alpha value is -2.98. The predicted octanol–water partition coefficient (Wildman–Crippen LogP) is 2.39. The summed E-state index contributed by atoms with van der Waals surface area (Å²) >= 11 is 6.08. The van der Waals surface area contributed by atoms with E-state index in [-0.39, 0.29) is 24.9 Å². The van der Waals surface area contributed by atoms with Crippen LogP contribution in [0.15, 0.2) is 42.5 Å². The summed E-state index contributed by atoms with van der Waals surface area (Å²) in [6.45, 7) is 3.39. The second-order valence-corrected chi connectivity index (χ2v) is 9.87. The molecule has 0 saturated carbocycles. The third-order valence-corrected chi connectivity index (χ3v) is 6.46. The van der Waals surface area contributed by atoms with Gasteiger partial charge in [-0.25, -0.2) is 8.42 Å². The largest absolute Gasteiger partial charge is 0.454 e. The van der Waals surface area contributed by atoms with E-state index in [1.165, 1.54) is 17.0 Å². The van der Waals surface area contributed by atoms with Crippen molar-refractivity contribution in [2.24, 2.45) is 0 Å². The van der Waals surface area contributed by atoms with Gasteiger partial charge in [-0.2, -0.15) is 0 Å².